The van der Waals surface area contributed by atoms with E-state index in [0.29, 0.717) is 38.4 Å². The normalized spacial score (nSPS) is 15.0. The van der Waals surface area contributed by atoms with Crippen LogP contribution in [0.3, 0.4) is 0 Å². The van der Waals surface area contributed by atoms with Gasteiger partial charge in [-0.2, -0.15) is 0 Å². The largest absolute Gasteiger partial charge is 0.298 e. The molecule has 1 aromatic heterocycles. The van der Waals surface area contributed by atoms with E-state index in [1.807, 2.05) is 37.4 Å². The number of hydrogen-bond acceptors (Lipinski definition) is 4. The summed E-state index contributed by atoms with van der Waals surface area (Å²) in [4.78, 5) is 31.0. The number of hydrogen-bond donors (Lipinski definition) is 0. The van der Waals surface area contributed by atoms with Crippen LogP contribution in [0.15, 0.2) is 36.5 Å². The lowest BCUT2D eigenvalue weighted by molar-refractivity contribution is -0.119. The number of benzene rings is 1. The Hall–Kier alpha value is -2.33. The number of ketones is 2. The third kappa shape index (κ3) is 4.25. The van der Waals surface area contributed by atoms with Crippen LogP contribution in [0.2, 0.25) is 0 Å². The maximum Gasteiger partial charge on any atom is 0.162 e. The van der Waals surface area contributed by atoms with Crippen molar-refractivity contribution in [3.05, 3.63) is 64.5 Å². The minimum atomic E-state index is 0.140. The van der Waals surface area contributed by atoms with Crippen LogP contribution < -0.4 is 0 Å². The summed E-state index contributed by atoms with van der Waals surface area (Å²) in [6.45, 7) is 7.89. The van der Waals surface area contributed by atoms with Crippen molar-refractivity contribution in [2.45, 2.75) is 52.6 Å². The first-order valence-corrected chi connectivity index (χ1v) is 9.30. The van der Waals surface area contributed by atoms with Crippen molar-refractivity contribution in [2.24, 2.45) is 0 Å². The second-order valence-corrected chi connectivity index (χ2v) is 7.36. The summed E-state index contributed by atoms with van der Waals surface area (Å²) in [5.41, 5.74) is 5.03. The highest BCUT2D eigenvalue weighted by Crippen LogP contribution is 2.21. The molecule has 1 aliphatic rings. The number of pyridine rings is 1. The molecule has 0 bridgehead atoms. The quantitative estimate of drug-likeness (QED) is 0.767. The molecule has 0 unspecified atom stereocenters. The van der Waals surface area contributed by atoms with Crippen molar-refractivity contribution in [1.82, 2.24) is 9.88 Å². The number of fused-ring (bicyclic) bond motifs is 1. The fourth-order valence-corrected chi connectivity index (χ4v) is 3.35. The lowest BCUT2D eigenvalue weighted by Crippen LogP contribution is -2.27. The van der Waals surface area contributed by atoms with Crippen LogP contribution in [0, 0.1) is 0 Å². The highest BCUT2D eigenvalue weighted by molar-refractivity contribution is 5.96. The van der Waals surface area contributed by atoms with Gasteiger partial charge in [-0.1, -0.05) is 39.0 Å². The zero-order valence-electron chi connectivity index (χ0n) is 15.8. The first kappa shape index (κ1) is 18.5. The Morgan fingerprint density at radius 3 is 2.62 bits per heavy atom. The molecule has 136 valence electrons. The fraction of sp³-hybridized carbons (Fsp3) is 0.409. The maximum atomic E-state index is 12.3. The number of carbonyl (C=O) groups is 2. The molecule has 0 amide bonds. The van der Waals surface area contributed by atoms with Gasteiger partial charge >= 0.3 is 0 Å². The molecule has 1 aromatic carbocycles. The number of carbonyl (C=O) groups excluding carboxylic acids is 2. The second kappa shape index (κ2) is 7.92. The molecule has 2 heterocycles. The Bertz CT molecular complexity index is 809. The van der Waals surface area contributed by atoms with Crippen LogP contribution in [0.5, 0.6) is 0 Å². The smallest absolute Gasteiger partial charge is 0.162 e. The van der Waals surface area contributed by atoms with Gasteiger partial charge in [0.15, 0.2) is 11.6 Å². The van der Waals surface area contributed by atoms with E-state index in [-0.39, 0.29) is 11.6 Å². The first-order valence-electron chi connectivity index (χ1n) is 9.30. The van der Waals surface area contributed by atoms with Gasteiger partial charge in [-0.3, -0.25) is 19.5 Å². The van der Waals surface area contributed by atoms with Gasteiger partial charge < -0.3 is 0 Å². The van der Waals surface area contributed by atoms with Crippen LogP contribution in [0.4, 0.5) is 0 Å². The summed E-state index contributed by atoms with van der Waals surface area (Å²) in [5.74, 6) is 0.802. The van der Waals surface area contributed by atoms with Crippen molar-refractivity contribution >= 4 is 11.6 Å². The third-order valence-electron chi connectivity index (χ3n) is 4.93. The molecule has 0 N–H and O–H groups in total. The standard InChI is InChI=1S/C22H26N2O2/c1-4-22(26)17-6-5-16-10-21(25)14-24(12-19(16)9-17)13-20-8-7-18(11-23-20)15(2)3/h5-9,11,15H,4,10,12-14H2,1-3H3. The average Bonchev–Trinajstić information content (AvgIpc) is 2.78. The summed E-state index contributed by atoms with van der Waals surface area (Å²) in [6, 6.07) is 9.90. The van der Waals surface area contributed by atoms with Crippen LogP contribution in [0.1, 0.15) is 65.9 Å². The van der Waals surface area contributed by atoms with Crippen molar-refractivity contribution in [3.63, 3.8) is 0 Å². The van der Waals surface area contributed by atoms with E-state index >= 15 is 0 Å². The van der Waals surface area contributed by atoms with Gasteiger partial charge in [-0.25, -0.2) is 0 Å². The van der Waals surface area contributed by atoms with Gasteiger partial charge in [0.2, 0.25) is 0 Å². The number of nitrogens with zero attached hydrogens (tertiary/aromatic N) is 2. The Labute approximate surface area is 155 Å². The monoisotopic (exact) mass is 350 g/mol. The summed E-state index contributed by atoms with van der Waals surface area (Å²) in [5, 5.41) is 0. The Balaban J connectivity index is 1.81. The molecule has 2 aromatic rings. The van der Waals surface area contributed by atoms with Crippen molar-refractivity contribution in [2.75, 3.05) is 6.54 Å². The molecular formula is C22H26N2O2. The zero-order valence-corrected chi connectivity index (χ0v) is 15.8. The summed E-state index contributed by atoms with van der Waals surface area (Å²) in [7, 11) is 0. The van der Waals surface area contributed by atoms with Gasteiger partial charge in [-0.05, 0) is 34.7 Å². The van der Waals surface area contributed by atoms with Crippen LogP contribution in [0.25, 0.3) is 0 Å². The lowest BCUT2D eigenvalue weighted by atomic mass is 9.98. The van der Waals surface area contributed by atoms with Gasteiger partial charge in [0.05, 0.1) is 12.2 Å². The van der Waals surface area contributed by atoms with Gasteiger partial charge in [0, 0.05) is 37.7 Å². The first-order chi connectivity index (χ1) is 12.5. The van der Waals surface area contributed by atoms with E-state index < -0.39 is 0 Å². The molecule has 1 aliphatic heterocycles. The summed E-state index contributed by atoms with van der Waals surface area (Å²) >= 11 is 0. The molecule has 26 heavy (non-hydrogen) atoms. The molecule has 3 rings (SSSR count). The SMILES string of the molecule is CCC(=O)c1ccc2c(c1)CN(Cc1ccc(C(C)C)cn1)CC(=O)C2. The van der Waals surface area contributed by atoms with Gasteiger partial charge in [-0.15, -0.1) is 0 Å². The lowest BCUT2D eigenvalue weighted by Gasteiger charge is -2.20. The minimum Gasteiger partial charge on any atom is -0.298 e. The van der Waals surface area contributed by atoms with E-state index in [0.717, 1.165) is 22.4 Å². The molecule has 0 radical (unpaired) electrons. The molecule has 0 saturated carbocycles. The highest BCUT2D eigenvalue weighted by atomic mass is 16.1. The highest BCUT2D eigenvalue weighted by Gasteiger charge is 2.21. The van der Waals surface area contributed by atoms with Crippen LogP contribution >= 0.6 is 0 Å². The minimum absolute atomic E-state index is 0.140. The van der Waals surface area contributed by atoms with Crippen molar-refractivity contribution < 1.29 is 9.59 Å². The number of aromatic nitrogens is 1. The molecule has 0 saturated heterocycles. The zero-order chi connectivity index (χ0) is 18.7. The maximum absolute atomic E-state index is 12.3. The van der Waals surface area contributed by atoms with E-state index in [1.165, 1.54) is 5.56 Å². The molecule has 0 spiro atoms. The molecule has 0 fully saturated rings. The molecule has 4 nitrogen and oxygen atoms in total. The average molecular weight is 350 g/mol. The van der Waals surface area contributed by atoms with Crippen LogP contribution in [-0.4, -0.2) is 28.0 Å². The van der Waals surface area contributed by atoms with Crippen molar-refractivity contribution in [1.29, 1.82) is 0 Å². The fourth-order valence-electron chi connectivity index (χ4n) is 3.35. The van der Waals surface area contributed by atoms with E-state index in [1.54, 1.807) is 0 Å². The van der Waals surface area contributed by atoms with E-state index in [9.17, 15) is 9.59 Å². The van der Waals surface area contributed by atoms with E-state index in [2.05, 4.69) is 29.8 Å². The molecular weight excluding hydrogens is 324 g/mol. The molecule has 4 heteroatoms. The molecule has 0 atom stereocenters. The number of Topliss-reactive ketones (excluding diaryl/α,β-unsaturated/α-hetero) is 2. The second-order valence-electron chi connectivity index (χ2n) is 7.36. The Morgan fingerprint density at radius 1 is 1.15 bits per heavy atom. The predicted molar refractivity (Wildman–Crippen MR) is 102 cm³/mol. The molecule has 0 aliphatic carbocycles. The topological polar surface area (TPSA) is 50.3 Å². The Morgan fingerprint density at radius 2 is 1.96 bits per heavy atom. The third-order valence-corrected chi connectivity index (χ3v) is 4.93. The van der Waals surface area contributed by atoms with Crippen LogP contribution in [-0.2, 0) is 24.3 Å². The predicted octanol–water partition coefficient (Wildman–Crippen LogP) is 3.93. The van der Waals surface area contributed by atoms with Crippen molar-refractivity contribution in [3.8, 4) is 0 Å². The Kier molecular flexibility index (Phi) is 5.62. The summed E-state index contributed by atoms with van der Waals surface area (Å²) < 4.78 is 0. The van der Waals surface area contributed by atoms with Gasteiger partial charge in [0.1, 0.15) is 0 Å². The number of rotatable bonds is 5. The van der Waals surface area contributed by atoms with Gasteiger partial charge in [0.25, 0.3) is 0 Å². The van der Waals surface area contributed by atoms with E-state index in [4.69, 9.17) is 0 Å². The summed E-state index contributed by atoms with van der Waals surface area (Å²) in [6.07, 6.45) is 2.85.